The molecule has 0 saturated carbocycles. The second-order valence-electron chi connectivity index (χ2n) is 4.28. The van der Waals surface area contributed by atoms with E-state index in [2.05, 4.69) is 5.32 Å². The van der Waals surface area contributed by atoms with Gasteiger partial charge in [-0.3, -0.25) is 4.79 Å². The van der Waals surface area contributed by atoms with Crippen molar-refractivity contribution in [1.29, 1.82) is 0 Å². The highest BCUT2D eigenvalue weighted by atomic mass is 16.5. The van der Waals surface area contributed by atoms with Crippen LogP contribution in [-0.4, -0.2) is 39.3 Å². The summed E-state index contributed by atoms with van der Waals surface area (Å²) in [7, 11) is 4.76. The van der Waals surface area contributed by atoms with E-state index in [-0.39, 0.29) is 6.61 Å². The highest BCUT2D eigenvalue weighted by Crippen LogP contribution is 2.27. The molecular formula is C13H20N2O4. The van der Waals surface area contributed by atoms with E-state index < -0.39 is 11.4 Å². The fourth-order valence-corrected chi connectivity index (χ4v) is 1.36. The second kappa shape index (κ2) is 6.29. The van der Waals surface area contributed by atoms with Crippen molar-refractivity contribution in [1.82, 2.24) is 5.32 Å². The number of likely N-dealkylation sites (N-methyl/N-ethyl adjacent to an activating group) is 1. The summed E-state index contributed by atoms with van der Waals surface area (Å²) in [5.41, 5.74) is 4.39. The fourth-order valence-electron chi connectivity index (χ4n) is 1.36. The Kier molecular flexibility index (Phi) is 5.00. The van der Waals surface area contributed by atoms with Crippen LogP contribution in [0.5, 0.6) is 17.2 Å². The lowest BCUT2D eigenvalue weighted by molar-refractivity contribution is -0.124. The van der Waals surface area contributed by atoms with E-state index in [0.29, 0.717) is 17.2 Å². The van der Waals surface area contributed by atoms with Gasteiger partial charge < -0.3 is 25.3 Å². The van der Waals surface area contributed by atoms with Gasteiger partial charge in [-0.1, -0.05) is 0 Å². The first-order valence-corrected chi connectivity index (χ1v) is 5.80. The summed E-state index contributed by atoms with van der Waals surface area (Å²) in [6.07, 6.45) is 0. The van der Waals surface area contributed by atoms with Crippen molar-refractivity contribution >= 4 is 5.91 Å². The van der Waals surface area contributed by atoms with Gasteiger partial charge in [0.05, 0.1) is 14.2 Å². The Balaban J connectivity index is 2.85. The number of hydrogen-bond donors (Lipinski definition) is 2. The van der Waals surface area contributed by atoms with Crippen LogP contribution in [0.15, 0.2) is 18.2 Å². The molecule has 6 nitrogen and oxygen atoms in total. The van der Waals surface area contributed by atoms with Crippen molar-refractivity contribution in [2.75, 3.05) is 27.9 Å². The third-order valence-electron chi connectivity index (χ3n) is 2.95. The second-order valence-corrected chi connectivity index (χ2v) is 4.28. The summed E-state index contributed by atoms with van der Waals surface area (Å²) < 4.78 is 15.9. The maximum Gasteiger partial charge on any atom is 0.240 e. The van der Waals surface area contributed by atoms with E-state index in [0.717, 1.165) is 0 Å². The zero-order valence-corrected chi connectivity index (χ0v) is 11.6. The molecule has 0 radical (unpaired) electrons. The van der Waals surface area contributed by atoms with Crippen molar-refractivity contribution in [3.8, 4) is 17.2 Å². The average molecular weight is 268 g/mol. The number of nitrogens with one attached hydrogen (secondary N) is 1. The first kappa shape index (κ1) is 15.1. The molecule has 106 valence electrons. The van der Waals surface area contributed by atoms with Gasteiger partial charge in [0.2, 0.25) is 5.91 Å². The van der Waals surface area contributed by atoms with Crippen LogP contribution in [0.2, 0.25) is 0 Å². The number of carbonyl (C=O) groups excluding carboxylic acids is 1. The molecule has 1 atom stereocenters. The Hall–Kier alpha value is -1.95. The molecular weight excluding hydrogens is 248 g/mol. The quantitative estimate of drug-likeness (QED) is 0.754. The Labute approximate surface area is 112 Å². The van der Waals surface area contributed by atoms with Crippen LogP contribution in [0.1, 0.15) is 6.92 Å². The first-order chi connectivity index (χ1) is 8.95. The molecule has 1 rings (SSSR count). The normalized spacial score (nSPS) is 13.5. The number of hydrogen-bond acceptors (Lipinski definition) is 5. The summed E-state index contributed by atoms with van der Waals surface area (Å²) >= 11 is 0. The van der Waals surface area contributed by atoms with Crippen molar-refractivity contribution in [2.45, 2.75) is 12.5 Å². The molecule has 1 aromatic carbocycles. The zero-order valence-electron chi connectivity index (χ0n) is 11.6. The van der Waals surface area contributed by atoms with Crippen LogP contribution in [0.25, 0.3) is 0 Å². The number of benzene rings is 1. The maximum atomic E-state index is 11.4. The van der Waals surface area contributed by atoms with Crippen molar-refractivity contribution in [3.05, 3.63) is 18.2 Å². The van der Waals surface area contributed by atoms with Gasteiger partial charge in [0.1, 0.15) is 29.4 Å². The van der Waals surface area contributed by atoms with Crippen molar-refractivity contribution in [3.63, 3.8) is 0 Å². The molecule has 0 fully saturated rings. The van der Waals surface area contributed by atoms with E-state index in [1.54, 1.807) is 46.4 Å². The van der Waals surface area contributed by atoms with Crippen LogP contribution in [0.4, 0.5) is 0 Å². The molecule has 0 aromatic heterocycles. The number of methoxy groups -OCH3 is 2. The van der Waals surface area contributed by atoms with Gasteiger partial charge in [-0.05, 0) is 14.0 Å². The van der Waals surface area contributed by atoms with Gasteiger partial charge in [0.25, 0.3) is 0 Å². The Morgan fingerprint density at radius 2 is 1.68 bits per heavy atom. The third kappa shape index (κ3) is 3.75. The molecule has 3 N–H and O–H groups in total. The number of amides is 1. The number of ether oxygens (including phenoxy) is 3. The Bertz CT molecular complexity index is 428. The number of primary amides is 1. The van der Waals surface area contributed by atoms with Crippen LogP contribution in [0, 0.1) is 0 Å². The Morgan fingerprint density at radius 1 is 1.21 bits per heavy atom. The van der Waals surface area contributed by atoms with Crippen LogP contribution in [-0.2, 0) is 4.79 Å². The van der Waals surface area contributed by atoms with E-state index in [9.17, 15) is 4.79 Å². The highest BCUT2D eigenvalue weighted by molar-refractivity contribution is 5.84. The standard InChI is InChI=1S/C13H20N2O4/c1-13(15-2,12(14)16)8-19-11-6-9(17-3)5-10(7-11)18-4/h5-7,15H,8H2,1-4H3,(H2,14,16). The van der Waals surface area contributed by atoms with Gasteiger partial charge in [-0.2, -0.15) is 0 Å². The van der Waals surface area contributed by atoms with E-state index in [1.165, 1.54) is 0 Å². The molecule has 0 saturated heterocycles. The average Bonchev–Trinajstić information content (AvgIpc) is 2.43. The number of rotatable bonds is 7. The minimum Gasteiger partial charge on any atom is -0.496 e. The zero-order chi connectivity index (χ0) is 14.5. The molecule has 1 unspecified atom stereocenters. The van der Waals surface area contributed by atoms with Gasteiger partial charge in [0.15, 0.2) is 0 Å². The molecule has 0 spiro atoms. The molecule has 1 amide bonds. The molecule has 19 heavy (non-hydrogen) atoms. The third-order valence-corrected chi connectivity index (χ3v) is 2.95. The van der Waals surface area contributed by atoms with Gasteiger partial charge in [0, 0.05) is 18.2 Å². The van der Waals surface area contributed by atoms with Crippen LogP contribution in [0.3, 0.4) is 0 Å². The van der Waals surface area contributed by atoms with Crippen LogP contribution < -0.4 is 25.3 Å². The molecule has 0 aliphatic rings. The molecule has 0 bridgehead atoms. The highest BCUT2D eigenvalue weighted by Gasteiger charge is 2.30. The lowest BCUT2D eigenvalue weighted by Crippen LogP contribution is -2.55. The number of carbonyl (C=O) groups is 1. The lowest BCUT2D eigenvalue weighted by atomic mass is 10.0. The van der Waals surface area contributed by atoms with E-state index >= 15 is 0 Å². The predicted octanol–water partition coefficient (Wildman–Crippen LogP) is 0.546. The smallest absolute Gasteiger partial charge is 0.240 e. The summed E-state index contributed by atoms with van der Waals surface area (Å²) in [5.74, 6) is 1.28. The fraction of sp³-hybridized carbons (Fsp3) is 0.462. The van der Waals surface area contributed by atoms with Gasteiger partial charge in [-0.15, -0.1) is 0 Å². The predicted molar refractivity (Wildman–Crippen MR) is 71.7 cm³/mol. The summed E-state index contributed by atoms with van der Waals surface area (Å²) in [4.78, 5) is 11.4. The summed E-state index contributed by atoms with van der Waals surface area (Å²) in [5, 5.41) is 2.84. The maximum absolute atomic E-state index is 11.4. The largest absolute Gasteiger partial charge is 0.496 e. The van der Waals surface area contributed by atoms with Gasteiger partial charge in [-0.25, -0.2) is 0 Å². The molecule has 6 heteroatoms. The molecule has 1 aromatic rings. The minimum absolute atomic E-state index is 0.106. The van der Waals surface area contributed by atoms with Crippen LogP contribution >= 0.6 is 0 Å². The summed E-state index contributed by atoms with van der Waals surface area (Å²) in [6, 6.07) is 5.15. The summed E-state index contributed by atoms with van der Waals surface area (Å²) in [6.45, 7) is 1.78. The number of nitrogens with two attached hydrogens (primary N) is 1. The van der Waals surface area contributed by atoms with Crippen molar-refractivity contribution < 1.29 is 19.0 Å². The molecule has 0 aliphatic carbocycles. The Morgan fingerprint density at radius 3 is 2.05 bits per heavy atom. The topological polar surface area (TPSA) is 82.8 Å². The van der Waals surface area contributed by atoms with E-state index in [4.69, 9.17) is 19.9 Å². The van der Waals surface area contributed by atoms with E-state index in [1.807, 2.05) is 0 Å². The minimum atomic E-state index is -0.934. The molecule has 0 heterocycles. The van der Waals surface area contributed by atoms with Crippen molar-refractivity contribution in [2.24, 2.45) is 5.73 Å². The lowest BCUT2D eigenvalue weighted by Gasteiger charge is -2.25. The van der Waals surface area contributed by atoms with Gasteiger partial charge >= 0.3 is 0 Å². The molecule has 0 aliphatic heterocycles. The monoisotopic (exact) mass is 268 g/mol. The SMILES string of the molecule is CNC(C)(COc1cc(OC)cc(OC)c1)C(N)=O. The first-order valence-electron chi connectivity index (χ1n) is 5.80.